The average molecular weight is 341 g/mol. The summed E-state index contributed by atoms with van der Waals surface area (Å²) in [7, 11) is 1.72. The summed E-state index contributed by atoms with van der Waals surface area (Å²) in [5, 5.41) is 12.9. The van der Waals surface area contributed by atoms with Crippen LogP contribution in [0.1, 0.15) is 68.4 Å². The molecule has 2 aromatic rings. The van der Waals surface area contributed by atoms with Gasteiger partial charge >= 0.3 is 0 Å². The van der Waals surface area contributed by atoms with E-state index in [0.717, 1.165) is 24.7 Å². The Kier molecular flexibility index (Phi) is 4.97. The lowest BCUT2D eigenvalue weighted by Crippen LogP contribution is -2.30. The van der Waals surface area contributed by atoms with Gasteiger partial charge in [-0.15, -0.1) is 5.10 Å². The van der Waals surface area contributed by atoms with Crippen LogP contribution in [0.25, 0.3) is 0 Å². The summed E-state index contributed by atoms with van der Waals surface area (Å²) in [6.07, 6.45) is 8.73. The fourth-order valence-electron chi connectivity index (χ4n) is 4.30. The molecule has 6 heteroatoms. The summed E-state index contributed by atoms with van der Waals surface area (Å²) in [5.41, 5.74) is 1.22. The molecule has 1 saturated heterocycles. The number of rotatable bonds is 5. The lowest BCUT2D eigenvalue weighted by atomic mass is 9.95. The Labute approximate surface area is 149 Å². The van der Waals surface area contributed by atoms with Crippen LogP contribution in [0, 0.1) is 0 Å². The Bertz CT molecular complexity index is 689. The zero-order valence-electron chi connectivity index (χ0n) is 15.0. The second-order valence-electron chi connectivity index (χ2n) is 7.20. The monoisotopic (exact) mass is 341 g/mol. The number of ether oxygens (including phenoxy) is 1. The molecule has 2 fully saturated rings. The lowest BCUT2D eigenvalue weighted by molar-refractivity contribution is 0.244. The Morgan fingerprint density at radius 3 is 2.64 bits per heavy atom. The molecular formula is C19H27N5O. The fourth-order valence-corrected chi connectivity index (χ4v) is 4.30. The van der Waals surface area contributed by atoms with E-state index in [-0.39, 0.29) is 6.04 Å². The van der Waals surface area contributed by atoms with Crippen molar-refractivity contribution in [3.8, 4) is 5.75 Å². The van der Waals surface area contributed by atoms with E-state index in [1.54, 1.807) is 7.11 Å². The maximum atomic E-state index is 5.45. The van der Waals surface area contributed by atoms with Gasteiger partial charge in [-0.3, -0.25) is 4.90 Å². The maximum absolute atomic E-state index is 5.45. The number of hydrogen-bond acceptors (Lipinski definition) is 5. The molecule has 25 heavy (non-hydrogen) atoms. The van der Waals surface area contributed by atoms with E-state index < -0.39 is 0 Å². The Morgan fingerprint density at radius 1 is 1.08 bits per heavy atom. The molecule has 4 rings (SSSR count). The first-order chi connectivity index (χ1) is 12.4. The van der Waals surface area contributed by atoms with Crippen LogP contribution in [0.3, 0.4) is 0 Å². The van der Waals surface area contributed by atoms with E-state index in [1.807, 2.05) is 6.07 Å². The summed E-state index contributed by atoms with van der Waals surface area (Å²) in [4.78, 5) is 2.51. The van der Waals surface area contributed by atoms with Gasteiger partial charge in [0.2, 0.25) is 0 Å². The number of methoxy groups -OCH3 is 1. The van der Waals surface area contributed by atoms with Gasteiger partial charge in [0.05, 0.1) is 19.2 Å². The van der Waals surface area contributed by atoms with Crippen molar-refractivity contribution in [2.75, 3.05) is 20.2 Å². The molecule has 1 aromatic carbocycles. The Morgan fingerprint density at radius 2 is 1.88 bits per heavy atom. The quantitative estimate of drug-likeness (QED) is 0.834. The van der Waals surface area contributed by atoms with Crippen LogP contribution < -0.4 is 4.74 Å². The second-order valence-corrected chi connectivity index (χ2v) is 7.20. The molecule has 6 nitrogen and oxygen atoms in total. The van der Waals surface area contributed by atoms with Gasteiger partial charge in [-0.25, -0.2) is 4.68 Å². The van der Waals surface area contributed by atoms with E-state index in [1.165, 1.54) is 50.5 Å². The van der Waals surface area contributed by atoms with E-state index in [9.17, 15) is 0 Å². The van der Waals surface area contributed by atoms with Crippen LogP contribution in [-0.2, 0) is 0 Å². The van der Waals surface area contributed by atoms with E-state index in [4.69, 9.17) is 4.74 Å². The predicted molar refractivity (Wildman–Crippen MR) is 95.6 cm³/mol. The molecule has 1 saturated carbocycles. The minimum atomic E-state index is 0.106. The molecule has 0 N–H and O–H groups in total. The summed E-state index contributed by atoms with van der Waals surface area (Å²) < 4.78 is 7.57. The number of nitrogens with zero attached hydrogens (tertiary/aromatic N) is 5. The van der Waals surface area contributed by atoms with Gasteiger partial charge < -0.3 is 4.74 Å². The smallest absolute Gasteiger partial charge is 0.173 e. The molecule has 0 spiro atoms. The first-order valence-electron chi connectivity index (χ1n) is 9.52. The summed E-state index contributed by atoms with van der Waals surface area (Å²) in [5.74, 6) is 1.88. The molecule has 2 heterocycles. The van der Waals surface area contributed by atoms with Crippen molar-refractivity contribution >= 4 is 0 Å². The van der Waals surface area contributed by atoms with Crippen LogP contribution >= 0.6 is 0 Å². The number of hydrogen-bond donors (Lipinski definition) is 0. The van der Waals surface area contributed by atoms with E-state index in [2.05, 4.69) is 43.3 Å². The molecule has 1 aromatic heterocycles. The molecule has 2 aliphatic rings. The Hall–Kier alpha value is -1.95. The standard InChI is InChI=1S/C19H27N5O/c1-25-17-11-7-8-15(14-17)18(23-12-5-6-13-23)19-20-21-22-24(19)16-9-3-2-4-10-16/h7-8,11,14,16,18H,2-6,9-10,12-13H2,1H3. The van der Waals surface area contributed by atoms with Gasteiger partial charge in [-0.1, -0.05) is 31.4 Å². The highest BCUT2D eigenvalue weighted by Crippen LogP contribution is 2.35. The van der Waals surface area contributed by atoms with Crippen LogP contribution in [0.4, 0.5) is 0 Å². The molecule has 1 atom stereocenters. The Balaban J connectivity index is 1.72. The highest BCUT2D eigenvalue weighted by Gasteiger charge is 2.32. The van der Waals surface area contributed by atoms with Crippen molar-refractivity contribution in [3.63, 3.8) is 0 Å². The third-order valence-corrected chi connectivity index (χ3v) is 5.60. The highest BCUT2D eigenvalue weighted by molar-refractivity contribution is 5.33. The van der Waals surface area contributed by atoms with Crippen LogP contribution in [0.2, 0.25) is 0 Å². The van der Waals surface area contributed by atoms with Crippen molar-refractivity contribution in [2.45, 2.75) is 57.0 Å². The topological polar surface area (TPSA) is 56.1 Å². The van der Waals surface area contributed by atoms with E-state index in [0.29, 0.717) is 6.04 Å². The third kappa shape index (κ3) is 3.40. The minimum Gasteiger partial charge on any atom is -0.497 e. The fraction of sp³-hybridized carbons (Fsp3) is 0.632. The summed E-state index contributed by atoms with van der Waals surface area (Å²) in [6, 6.07) is 8.90. The molecule has 0 radical (unpaired) electrons. The van der Waals surface area contributed by atoms with Crippen LogP contribution in [0.15, 0.2) is 24.3 Å². The maximum Gasteiger partial charge on any atom is 0.173 e. The van der Waals surface area contributed by atoms with Gasteiger partial charge in [0.25, 0.3) is 0 Å². The van der Waals surface area contributed by atoms with Gasteiger partial charge in [-0.2, -0.15) is 0 Å². The SMILES string of the molecule is COc1cccc(C(c2nnnn2C2CCCCC2)N2CCCC2)c1. The number of tetrazole rings is 1. The van der Waals surface area contributed by atoms with Crippen LogP contribution in [0.5, 0.6) is 5.75 Å². The third-order valence-electron chi connectivity index (χ3n) is 5.60. The zero-order chi connectivity index (χ0) is 17.1. The van der Waals surface area contributed by atoms with Crippen molar-refractivity contribution in [1.29, 1.82) is 0 Å². The summed E-state index contributed by atoms with van der Waals surface area (Å²) >= 11 is 0. The number of benzene rings is 1. The van der Waals surface area contributed by atoms with Gasteiger partial charge in [0, 0.05) is 0 Å². The minimum absolute atomic E-state index is 0.106. The van der Waals surface area contributed by atoms with Gasteiger partial charge in [0.15, 0.2) is 5.82 Å². The molecule has 1 unspecified atom stereocenters. The van der Waals surface area contributed by atoms with Gasteiger partial charge in [0.1, 0.15) is 5.75 Å². The highest BCUT2D eigenvalue weighted by atomic mass is 16.5. The molecule has 0 amide bonds. The van der Waals surface area contributed by atoms with Gasteiger partial charge in [-0.05, 0) is 66.9 Å². The first-order valence-corrected chi connectivity index (χ1v) is 9.52. The molecule has 1 aliphatic carbocycles. The molecule has 134 valence electrons. The molecular weight excluding hydrogens is 314 g/mol. The predicted octanol–water partition coefficient (Wildman–Crippen LogP) is 3.37. The lowest BCUT2D eigenvalue weighted by Gasteiger charge is -2.30. The summed E-state index contributed by atoms with van der Waals surface area (Å²) in [6.45, 7) is 2.19. The number of aromatic nitrogens is 4. The van der Waals surface area contributed by atoms with Crippen molar-refractivity contribution in [3.05, 3.63) is 35.7 Å². The average Bonchev–Trinajstić information content (AvgIpc) is 3.36. The normalized spacial score (nSPS) is 20.7. The first kappa shape index (κ1) is 16.5. The molecule has 0 bridgehead atoms. The number of likely N-dealkylation sites (tertiary alicyclic amines) is 1. The zero-order valence-corrected chi connectivity index (χ0v) is 15.0. The van der Waals surface area contributed by atoms with Crippen molar-refractivity contribution < 1.29 is 4.74 Å². The second kappa shape index (κ2) is 7.52. The van der Waals surface area contributed by atoms with Crippen molar-refractivity contribution in [1.82, 2.24) is 25.1 Å². The van der Waals surface area contributed by atoms with Crippen LogP contribution in [-0.4, -0.2) is 45.3 Å². The van der Waals surface area contributed by atoms with Crippen molar-refractivity contribution in [2.24, 2.45) is 0 Å². The molecule has 1 aliphatic heterocycles. The largest absolute Gasteiger partial charge is 0.497 e. The van der Waals surface area contributed by atoms with E-state index >= 15 is 0 Å².